The van der Waals surface area contributed by atoms with Gasteiger partial charge in [-0.05, 0) is 88.7 Å². The number of fused-ring (bicyclic) bond motifs is 6. The standard InChI is InChI=1S/C33H40F2N8O3S/c1-22-24-5-4-6-26(17-24)33(34,35)25-7-13-41(14-8-25)11-2-3-12-42-19-27(39-40-42)20-43-31-29(30(38-22)36-21-37-31)18-28(32(43)44)23-9-15-47(45,46)16-10-23/h4-6,17-19,21-23,25H,2-3,7-16,20H2,1H3,(H,36,37,38)/t22-/m1/s1. The number of halogens is 2. The third kappa shape index (κ3) is 6.54. The van der Waals surface area contributed by atoms with E-state index in [0.29, 0.717) is 79.0 Å². The molecule has 2 fully saturated rings. The van der Waals surface area contributed by atoms with Crippen molar-refractivity contribution in [3.8, 4) is 0 Å². The van der Waals surface area contributed by atoms with Gasteiger partial charge in [-0.1, -0.05) is 23.4 Å². The summed E-state index contributed by atoms with van der Waals surface area (Å²) >= 11 is 0. The lowest BCUT2D eigenvalue weighted by Gasteiger charge is -2.36. The molecule has 8 rings (SSSR count). The van der Waals surface area contributed by atoms with Gasteiger partial charge in [0.15, 0.2) is 0 Å². The average molecular weight is 667 g/mol. The molecule has 1 N–H and O–H groups in total. The minimum atomic E-state index is -3.14. The van der Waals surface area contributed by atoms with Crippen LogP contribution in [0.4, 0.5) is 14.6 Å². The van der Waals surface area contributed by atoms with Crippen LogP contribution >= 0.6 is 0 Å². The van der Waals surface area contributed by atoms with Crippen LogP contribution in [0, 0.1) is 5.92 Å². The van der Waals surface area contributed by atoms with Crippen LogP contribution in [0.3, 0.4) is 0 Å². The van der Waals surface area contributed by atoms with Crippen LogP contribution in [0.15, 0.2) is 47.7 Å². The molecule has 0 radical (unpaired) electrons. The Balaban J connectivity index is 1.31. The second-order valence-corrected chi connectivity index (χ2v) is 15.6. The van der Waals surface area contributed by atoms with Crippen molar-refractivity contribution < 1.29 is 17.2 Å². The molecule has 0 amide bonds. The van der Waals surface area contributed by atoms with Crippen LogP contribution in [0.2, 0.25) is 0 Å². The first-order valence-electron chi connectivity index (χ1n) is 16.5. The fourth-order valence-electron chi connectivity index (χ4n) is 7.31. The molecule has 2 saturated heterocycles. The number of pyridine rings is 1. The molecule has 3 aromatic heterocycles. The van der Waals surface area contributed by atoms with E-state index in [2.05, 4.69) is 30.5 Å². The third-order valence-electron chi connectivity index (χ3n) is 10.1. The highest BCUT2D eigenvalue weighted by atomic mass is 32.2. The molecule has 4 aliphatic heterocycles. The summed E-state index contributed by atoms with van der Waals surface area (Å²) in [5, 5.41) is 12.7. The second-order valence-electron chi connectivity index (χ2n) is 13.3. The van der Waals surface area contributed by atoms with Gasteiger partial charge in [0.05, 0.1) is 29.6 Å². The number of rotatable bonds is 1. The summed E-state index contributed by atoms with van der Waals surface area (Å²) in [6, 6.07) is 8.00. The van der Waals surface area contributed by atoms with Gasteiger partial charge in [0, 0.05) is 29.6 Å². The van der Waals surface area contributed by atoms with Crippen LogP contribution < -0.4 is 10.9 Å². The van der Waals surface area contributed by atoms with E-state index in [9.17, 15) is 13.2 Å². The Morgan fingerprint density at radius 1 is 0.979 bits per heavy atom. The largest absolute Gasteiger partial charge is 0.363 e. The molecular formula is C33H40F2N8O3S. The van der Waals surface area contributed by atoms with E-state index >= 15 is 8.78 Å². The molecule has 11 nitrogen and oxygen atoms in total. The molecular weight excluding hydrogens is 626 g/mol. The van der Waals surface area contributed by atoms with Gasteiger partial charge in [0.25, 0.3) is 11.5 Å². The lowest BCUT2D eigenvalue weighted by molar-refractivity contribution is -0.0855. The van der Waals surface area contributed by atoms with Gasteiger partial charge in [-0.15, -0.1) is 5.10 Å². The van der Waals surface area contributed by atoms with Gasteiger partial charge < -0.3 is 10.2 Å². The Kier molecular flexibility index (Phi) is 8.58. The minimum Gasteiger partial charge on any atom is -0.363 e. The molecule has 4 aromatic rings. The van der Waals surface area contributed by atoms with Gasteiger partial charge in [-0.2, -0.15) is 0 Å². The maximum Gasteiger partial charge on any atom is 0.276 e. The van der Waals surface area contributed by atoms with Gasteiger partial charge >= 0.3 is 0 Å². The van der Waals surface area contributed by atoms with Crippen molar-refractivity contribution in [1.29, 1.82) is 0 Å². The van der Waals surface area contributed by atoms with Crippen molar-refractivity contribution in [2.24, 2.45) is 5.92 Å². The lowest BCUT2D eigenvalue weighted by Crippen LogP contribution is -2.40. The molecule has 7 heterocycles. The Morgan fingerprint density at radius 3 is 2.53 bits per heavy atom. The van der Waals surface area contributed by atoms with Gasteiger partial charge in [-0.3, -0.25) is 14.0 Å². The molecule has 1 atom stereocenters. The number of aryl methyl sites for hydroxylation is 1. The number of nitrogens with one attached hydrogen (secondary N) is 1. The number of benzene rings is 1. The highest BCUT2D eigenvalue weighted by Crippen LogP contribution is 2.42. The number of hydrogen-bond acceptors (Lipinski definition) is 9. The van der Waals surface area contributed by atoms with E-state index in [0.717, 1.165) is 19.4 Å². The molecule has 0 unspecified atom stereocenters. The summed E-state index contributed by atoms with van der Waals surface area (Å²) in [7, 11) is -3.14. The average Bonchev–Trinajstić information content (AvgIpc) is 3.52. The first kappa shape index (κ1) is 31.8. The monoisotopic (exact) mass is 666 g/mol. The van der Waals surface area contributed by atoms with Crippen molar-refractivity contribution in [3.63, 3.8) is 0 Å². The molecule has 0 aliphatic carbocycles. The number of aromatic nitrogens is 6. The van der Waals surface area contributed by atoms with E-state index in [1.54, 1.807) is 27.4 Å². The maximum atomic E-state index is 15.9. The molecule has 10 bridgehead atoms. The van der Waals surface area contributed by atoms with Crippen LogP contribution in [-0.2, 0) is 28.8 Å². The summed E-state index contributed by atoms with van der Waals surface area (Å²) in [6.45, 7) is 4.82. The van der Waals surface area contributed by atoms with Gasteiger partial charge in [0.2, 0.25) is 0 Å². The molecule has 0 saturated carbocycles. The normalized spacial score (nSPS) is 25.1. The number of piperidine rings is 1. The predicted molar refractivity (Wildman–Crippen MR) is 174 cm³/mol. The highest BCUT2D eigenvalue weighted by Gasteiger charge is 2.42. The predicted octanol–water partition coefficient (Wildman–Crippen LogP) is 4.49. The number of nitrogens with zero attached hydrogens (tertiary/aromatic N) is 7. The van der Waals surface area contributed by atoms with E-state index in [1.807, 2.05) is 19.2 Å². The summed E-state index contributed by atoms with van der Waals surface area (Å²) < 4.78 is 59.6. The first-order valence-corrected chi connectivity index (χ1v) is 18.3. The van der Waals surface area contributed by atoms with Gasteiger partial charge in [0.1, 0.15) is 33.3 Å². The summed E-state index contributed by atoms with van der Waals surface area (Å²) in [5.74, 6) is -3.42. The fourth-order valence-corrected chi connectivity index (χ4v) is 8.80. The van der Waals surface area contributed by atoms with Crippen LogP contribution in [0.5, 0.6) is 0 Å². The Hall–Kier alpha value is -3.78. The zero-order chi connectivity index (χ0) is 32.8. The summed E-state index contributed by atoms with van der Waals surface area (Å²) in [4.78, 5) is 25.4. The van der Waals surface area contributed by atoms with E-state index < -0.39 is 27.7 Å². The van der Waals surface area contributed by atoms with E-state index in [4.69, 9.17) is 0 Å². The number of sulfone groups is 1. The summed E-state index contributed by atoms with van der Waals surface area (Å²) in [5.41, 5.74) is 1.98. The van der Waals surface area contributed by atoms with E-state index in [1.165, 1.54) is 12.4 Å². The zero-order valence-corrected chi connectivity index (χ0v) is 27.3. The molecule has 0 spiro atoms. The lowest BCUT2D eigenvalue weighted by atomic mass is 9.85. The Bertz CT molecular complexity index is 1920. The maximum absolute atomic E-state index is 15.9. The molecule has 4 aliphatic rings. The van der Waals surface area contributed by atoms with Gasteiger partial charge in [-0.25, -0.2) is 27.2 Å². The Labute approximate surface area is 272 Å². The molecule has 47 heavy (non-hydrogen) atoms. The van der Waals surface area contributed by atoms with Crippen LogP contribution in [0.25, 0.3) is 11.0 Å². The number of anilines is 1. The minimum absolute atomic E-state index is 0.0189. The number of alkyl halides is 2. The van der Waals surface area contributed by atoms with E-state index in [-0.39, 0.29) is 35.1 Å². The quantitative estimate of drug-likeness (QED) is 0.313. The van der Waals surface area contributed by atoms with Crippen molar-refractivity contribution >= 4 is 26.7 Å². The van der Waals surface area contributed by atoms with Crippen LogP contribution in [-0.4, -0.2) is 74.0 Å². The SMILES string of the molecule is C[C@H]1Nc2ncnc3c2cc(C2CCS(=O)(=O)CC2)c(=O)n3Cc2cn(nn2)CCCCN2CCC(CC2)C(F)(F)c2cccc1c2. The van der Waals surface area contributed by atoms with Crippen molar-refractivity contribution in [2.75, 3.05) is 36.5 Å². The fraction of sp³-hybridized carbons (Fsp3) is 0.545. The highest BCUT2D eigenvalue weighted by molar-refractivity contribution is 7.91. The first-order chi connectivity index (χ1) is 22.6. The topological polar surface area (TPSA) is 128 Å². The smallest absolute Gasteiger partial charge is 0.276 e. The summed E-state index contributed by atoms with van der Waals surface area (Å²) in [6.07, 6.45) is 6.58. The zero-order valence-electron chi connectivity index (χ0n) is 26.5. The van der Waals surface area contributed by atoms with Crippen molar-refractivity contribution in [2.45, 2.75) is 76.4 Å². The molecule has 14 heteroatoms. The van der Waals surface area contributed by atoms with Crippen molar-refractivity contribution in [3.05, 3.63) is 75.6 Å². The number of hydrogen-bond donors (Lipinski definition) is 1. The van der Waals surface area contributed by atoms with Crippen LogP contribution in [0.1, 0.15) is 79.8 Å². The second kappa shape index (κ2) is 12.7. The molecule has 1 aromatic carbocycles. The third-order valence-corrected chi connectivity index (χ3v) is 11.9. The molecule has 250 valence electrons. The Morgan fingerprint density at radius 2 is 1.74 bits per heavy atom. The van der Waals surface area contributed by atoms with Crippen molar-refractivity contribution in [1.82, 2.24) is 34.4 Å².